The number of aromatic nitrogens is 1. The first-order chi connectivity index (χ1) is 12.3. The zero-order valence-corrected chi connectivity index (χ0v) is 16.5. The first-order valence-electron chi connectivity index (χ1n) is 8.92. The van der Waals surface area contributed by atoms with Crippen LogP contribution in [-0.2, 0) is 4.79 Å². The largest absolute Gasteiger partial charge is 0.489 e. The van der Waals surface area contributed by atoms with Crippen molar-refractivity contribution in [2.45, 2.75) is 30.9 Å². The number of benzene rings is 1. The summed E-state index contributed by atoms with van der Waals surface area (Å²) in [5, 5.41) is 6.56. The van der Waals surface area contributed by atoms with Gasteiger partial charge in [-0.05, 0) is 17.7 Å². The van der Waals surface area contributed by atoms with E-state index in [1.54, 1.807) is 12.4 Å². The molecule has 4 rings (SSSR count). The van der Waals surface area contributed by atoms with Gasteiger partial charge >= 0.3 is 0 Å². The first-order valence-corrected chi connectivity index (χ1v) is 8.92. The number of pyridine rings is 1. The Hall–Kier alpha value is -1.82. The minimum atomic E-state index is 0. The summed E-state index contributed by atoms with van der Waals surface area (Å²) in [7, 11) is 0. The first kappa shape index (κ1) is 21.5. The van der Waals surface area contributed by atoms with Crippen molar-refractivity contribution in [3.8, 4) is 5.75 Å². The van der Waals surface area contributed by atoms with E-state index in [9.17, 15) is 4.79 Å². The van der Waals surface area contributed by atoms with E-state index in [0.29, 0.717) is 0 Å². The number of hydrogen-bond acceptors (Lipinski definition) is 4. The lowest BCUT2D eigenvalue weighted by Crippen LogP contribution is -2.51. The van der Waals surface area contributed by atoms with E-state index in [-0.39, 0.29) is 54.7 Å². The second-order valence-electron chi connectivity index (χ2n) is 6.89. The van der Waals surface area contributed by atoms with E-state index in [2.05, 4.69) is 27.8 Å². The molecule has 146 valence electrons. The number of carbonyl (C=O) groups excluding carboxylic acids is 1. The molecule has 2 aromatic rings. The number of amides is 1. The van der Waals surface area contributed by atoms with Crippen LogP contribution in [0, 0.1) is 5.92 Å². The Morgan fingerprint density at radius 3 is 2.56 bits per heavy atom. The lowest BCUT2D eigenvalue weighted by atomic mass is 9.85. The molecule has 1 saturated carbocycles. The Morgan fingerprint density at radius 1 is 1.07 bits per heavy atom. The van der Waals surface area contributed by atoms with Gasteiger partial charge in [-0.1, -0.05) is 30.3 Å². The minimum Gasteiger partial charge on any atom is -0.489 e. The van der Waals surface area contributed by atoms with E-state index in [0.717, 1.165) is 31.7 Å². The molecule has 7 heteroatoms. The Kier molecular flexibility index (Phi) is 7.90. The molecule has 1 aliphatic heterocycles. The second-order valence-corrected chi connectivity index (χ2v) is 6.89. The average molecular weight is 410 g/mol. The highest BCUT2D eigenvalue weighted by Gasteiger charge is 2.38. The summed E-state index contributed by atoms with van der Waals surface area (Å²) in [6.07, 6.45) is 5.34. The van der Waals surface area contributed by atoms with Gasteiger partial charge in [-0.3, -0.25) is 9.78 Å². The summed E-state index contributed by atoms with van der Waals surface area (Å²) in [5.74, 6) is 1.20. The van der Waals surface area contributed by atoms with Gasteiger partial charge in [0.1, 0.15) is 11.9 Å². The molecule has 2 aliphatic rings. The molecule has 0 bridgehead atoms. The van der Waals surface area contributed by atoms with Crippen molar-refractivity contribution < 1.29 is 9.53 Å². The molecular weight excluding hydrogens is 385 g/mol. The van der Waals surface area contributed by atoms with Gasteiger partial charge in [-0.25, -0.2) is 0 Å². The summed E-state index contributed by atoms with van der Waals surface area (Å²) in [4.78, 5) is 16.7. The van der Waals surface area contributed by atoms with Gasteiger partial charge in [-0.15, -0.1) is 24.8 Å². The van der Waals surface area contributed by atoms with Crippen molar-refractivity contribution in [3.05, 3.63) is 60.4 Å². The van der Waals surface area contributed by atoms with Crippen LogP contribution in [0.1, 0.15) is 24.3 Å². The van der Waals surface area contributed by atoms with Gasteiger partial charge in [0.15, 0.2) is 0 Å². The van der Waals surface area contributed by atoms with E-state index >= 15 is 0 Å². The van der Waals surface area contributed by atoms with Gasteiger partial charge in [0.2, 0.25) is 5.91 Å². The maximum atomic E-state index is 12.7. The second kappa shape index (κ2) is 9.93. The quantitative estimate of drug-likeness (QED) is 0.796. The predicted molar refractivity (Wildman–Crippen MR) is 110 cm³/mol. The number of nitrogens with one attached hydrogen (secondary N) is 2. The highest BCUT2D eigenvalue weighted by Crippen LogP contribution is 2.30. The molecule has 1 amide bonds. The van der Waals surface area contributed by atoms with E-state index in [4.69, 9.17) is 4.74 Å². The third kappa shape index (κ3) is 5.12. The molecule has 1 aromatic carbocycles. The maximum absolute atomic E-state index is 12.7. The fourth-order valence-corrected chi connectivity index (χ4v) is 3.70. The molecule has 2 atom stereocenters. The number of hydrogen-bond donors (Lipinski definition) is 2. The smallest absolute Gasteiger partial charge is 0.225 e. The van der Waals surface area contributed by atoms with Crippen molar-refractivity contribution in [2.24, 2.45) is 5.92 Å². The standard InChI is InChI=1S/C20H23N3O2.2ClH/c24-20(19-13-22-12-18(19)14-5-2-1-3-6-14)23-15-9-17(10-15)25-16-7-4-8-21-11-16;;/h1-8,11,15,17-19,22H,9-10,12-13H2,(H,23,24);2*1H. The summed E-state index contributed by atoms with van der Waals surface area (Å²) < 4.78 is 5.85. The van der Waals surface area contributed by atoms with Crippen LogP contribution in [-0.4, -0.2) is 36.1 Å². The lowest BCUT2D eigenvalue weighted by Gasteiger charge is -2.36. The molecular formula is C20H25Cl2N3O2. The summed E-state index contributed by atoms with van der Waals surface area (Å²) in [6, 6.07) is 14.3. The molecule has 1 aromatic heterocycles. The van der Waals surface area contributed by atoms with Crippen molar-refractivity contribution in [1.82, 2.24) is 15.6 Å². The Morgan fingerprint density at radius 2 is 1.85 bits per heavy atom. The molecule has 0 spiro atoms. The maximum Gasteiger partial charge on any atom is 0.225 e. The third-order valence-corrected chi connectivity index (χ3v) is 5.16. The number of nitrogens with zero attached hydrogens (tertiary/aromatic N) is 1. The summed E-state index contributed by atoms with van der Waals surface area (Å²) in [5.41, 5.74) is 1.24. The highest BCUT2D eigenvalue weighted by molar-refractivity contribution is 5.85. The number of ether oxygens (including phenoxy) is 1. The fourth-order valence-electron chi connectivity index (χ4n) is 3.70. The van der Waals surface area contributed by atoms with Gasteiger partial charge in [0, 0.05) is 44.1 Å². The van der Waals surface area contributed by atoms with Crippen LogP contribution in [0.25, 0.3) is 0 Å². The fraction of sp³-hybridized carbons (Fsp3) is 0.400. The van der Waals surface area contributed by atoms with Crippen LogP contribution in [0.15, 0.2) is 54.9 Å². The van der Waals surface area contributed by atoms with Crippen LogP contribution < -0.4 is 15.4 Å². The van der Waals surface area contributed by atoms with Crippen LogP contribution >= 0.6 is 24.8 Å². The normalized spacial score (nSPS) is 26.1. The van der Waals surface area contributed by atoms with Crippen molar-refractivity contribution in [3.63, 3.8) is 0 Å². The number of rotatable bonds is 5. The Balaban J connectivity index is 0.00000131. The summed E-state index contributed by atoms with van der Waals surface area (Å²) in [6.45, 7) is 1.60. The van der Waals surface area contributed by atoms with Crippen LogP contribution in [0.4, 0.5) is 0 Å². The zero-order chi connectivity index (χ0) is 17.1. The Bertz CT molecular complexity index is 712. The predicted octanol–water partition coefficient (Wildman–Crippen LogP) is 2.95. The van der Waals surface area contributed by atoms with Gasteiger partial charge < -0.3 is 15.4 Å². The van der Waals surface area contributed by atoms with E-state index in [1.165, 1.54) is 5.56 Å². The monoisotopic (exact) mass is 409 g/mol. The molecule has 1 aliphatic carbocycles. The van der Waals surface area contributed by atoms with Gasteiger partial charge in [0.25, 0.3) is 0 Å². The molecule has 1 saturated heterocycles. The Labute approximate surface area is 172 Å². The molecule has 2 fully saturated rings. The summed E-state index contributed by atoms with van der Waals surface area (Å²) >= 11 is 0. The average Bonchev–Trinajstić information content (AvgIpc) is 3.11. The van der Waals surface area contributed by atoms with Crippen molar-refractivity contribution >= 4 is 30.7 Å². The molecule has 5 nitrogen and oxygen atoms in total. The SMILES string of the molecule is Cl.Cl.O=C(NC1CC(Oc2cccnc2)C1)C1CNCC1c1ccccc1. The van der Waals surface area contributed by atoms with Crippen molar-refractivity contribution in [2.75, 3.05) is 13.1 Å². The minimum absolute atomic E-state index is 0. The van der Waals surface area contributed by atoms with Gasteiger partial charge in [-0.2, -0.15) is 0 Å². The van der Waals surface area contributed by atoms with Crippen LogP contribution in [0.2, 0.25) is 0 Å². The lowest BCUT2D eigenvalue weighted by molar-refractivity contribution is -0.126. The molecule has 2 heterocycles. The van der Waals surface area contributed by atoms with E-state index < -0.39 is 0 Å². The van der Waals surface area contributed by atoms with Crippen molar-refractivity contribution in [1.29, 1.82) is 0 Å². The molecule has 27 heavy (non-hydrogen) atoms. The van der Waals surface area contributed by atoms with Gasteiger partial charge in [0.05, 0.1) is 12.1 Å². The zero-order valence-electron chi connectivity index (χ0n) is 14.9. The molecule has 0 radical (unpaired) electrons. The highest BCUT2D eigenvalue weighted by atomic mass is 35.5. The van der Waals surface area contributed by atoms with E-state index in [1.807, 2.05) is 30.3 Å². The third-order valence-electron chi connectivity index (χ3n) is 5.16. The number of carbonyl (C=O) groups is 1. The molecule has 2 unspecified atom stereocenters. The topological polar surface area (TPSA) is 63.2 Å². The van der Waals surface area contributed by atoms with Crippen LogP contribution in [0.5, 0.6) is 5.75 Å². The van der Waals surface area contributed by atoms with Crippen LogP contribution in [0.3, 0.4) is 0 Å². The number of halogens is 2. The molecule has 2 N–H and O–H groups in total.